The normalized spacial score (nSPS) is 15.6. The lowest BCUT2D eigenvalue weighted by atomic mass is 10.1. The number of amides is 1. The molecule has 1 fully saturated rings. The molecule has 1 aliphatic heterocycles. The van der Waals surface area contributed by atoms with E-state index in [1.165, 1.54) is 18.4 Å². The summed E-state index contributed by atoms with van der Waals surface area (Å²) in [4.78, 5) is 14.3. The molecule has 1 amide bonds. The first-order valence-electron chi connectivity index (χ1n) is 6.94. The summed E-state index contributed by atoms with van der Waals surface area (Å²) in [6.45, 7) is 3.93. The number of likely N-dealkylation sites (tertiary alicyclic amines) is 1. The summed E-state index contributed by atoms with van der Waals surface area (Å²) in [6.07, 6.45) is 4.81. The Kier molecular flexibility index (Phi) is 5.77. The van der Waals surface area contributed by atoms with Crippen LogP contribution in [0.2, 0.25) is 0 Å². The fourth-order valence-electron chi connectivity index (χ4n) is 2.26. The van der Waals surface area contributed by atoms with Gasteiger partial charge in [-0.3, -0.25) is 10.1 Å². The zero-order valence-electron chi connectivity index (χ0n) is 11.6. The van der Waals surface area contributed by atoms with Gasteiger partial charge in [-0.1, -0.05) is 18.9 Å². The van der Waals surface area contributed by atoms with Crippen LogP contribution in [-0.4, -0.2) is 29.0 Å². The molecule has 0 atom stereocenters. The molecule has 0 bridgehead atoms. The predicted molar refractivity (Wildman–Crippen MR) is 94.0 cm³/mol. The molecule has 3 nitrogen and oxygen atoms in total. The Morgan fingerprint density at radius 1 is 1.25 bits per heavy atom. The van der Waals surface area contributed by atoms with Gasteiger partial charge in [0, 0.05) is 22.2 Å². The summed E-state index contributed by atoms with van der Waals surface area (Å²) in [7, 11) is 0. The molecule has 1 heterocycles. The van der Waals surface area contributed by atoms with Gasteiger partial charge in [-0.2, -0.15) is 0 Å². The molecule has 5 heteroatoms. The van der Waals surface area contributed by atoms with Crippen LogP contribution in [0.1, 0.15) is 41.6 Å². The molecule has 0 aliphatic carbocycles. The van der Waals surface area contributed by atoms with E-state index in [4.69, 9.17) is 12.2 Å². The number of nitrogens with zero attached hydrogens (tertiary/aromatic N) is 1. The predicted octanol–water partition coefficient (Wildman–Crippen LogP) is 3.49. The molecule has 1 saturated heterocycles. The van der Waals surface area contributed by atoms with E-state index in [1.807, 2.05) is 25.1 Å². The van der Waals surface area contributed by atoms with Gasteiger partial charge in [-0.25, -0.2) is 0 Å². The molecule has 0 unspecified atom stereocenters. The van der Waals surface area contributed by atoms with E-state index in [2.05, 4.69) is 32.8 Å². The van der Waals surface area contributed by atoms with Crippen molar-refractivity contribution in [2.75, 3.05) is 13.1 Å². The number of carbonyl (C=O) groups is 1. The van der Waals surface area contributed by atoms with Crippen LogP contribution in [-0.2, 0) is 0 Å². The van der Waals surface area contributed by atoms with Crippen molar-refractivity contribution in [1.82, 2.24) is 10.2 Å². The number of benzene rings is 1. The monoisotopic (exact) mass is 402 g/mol. The molecule has 0 saturated carbocycles. The quantitative estimate of drug-likeness (QED) is 0.577. The molecule has 2 rings (SSSR count). The first kappa shape index (κ1) is 15.7. The molecule has 0 radical (unpaired) electrons. The van der Waals surface area contributed by atoms with E-state index in [1.54, 1.807) is 0 Å². The Morgan fingerprint density at radius 3 is 2.50 bits per heavy atom. The minimum Gasteiger partial charge on any atom is -0.349 e. The minimum atomic E-state index is -0.114. The highest BCUT2D eigenvalue weighted by Gasteiger charge is 2.15. The third kappa shape index (κ3) is 4.15. The third-order valence-electron chi connectivity index (χ3n) is 3.55. The van der Waals surface area contributed by atoms with Gasteiger partial charge in [0.2, 0.25) is 0 Å². The van der Waals surface area contributed by atoms with Crippen molar-refractivity contribution in [3.63, 3.8) is 0 Å². The number of hydrogen-bond acceptors (Lipinski definition) is 2. The minimum absolute atomic E-state index is 0.114. The highest BCUT2D eigenvalue weighted by atomic mass is 127. The SMILES string of the molecule is Cc1ccc(C(=O)NC(=S)N2CCCCCC2)cc1I. The molecular formula is C15H19IN2OS. The summed E-state index contributed by atoms with van der Waals surface area (Å²) in [5.74, 6) is -0.114. The van der Waals surface area contributed by atoms with Gasteiger partial charge in [0.25, 0.3) is 5.91 Å². The highest BCUT2D eigenvalue weighted by Crippen LogP contribution is 2.14. The number of halogens is 1. The summed E-state index contributed by atoms with van der Waals surface area (Å²) in [5, 5.41) is 3.42. The molecule has 0 spiro atoms. The van der Waals surface area contributed by atoms with Crippen LogP contribution >= 0.6 is 34.8 Å². The average Bonchev–Trinajstić information content (AvgIpc) is 2.70. The highest BCUT2D eigenvalue weighted by molar-refractivity contribution is 14.1. The maximum Gasteiger partial charge on any atom is 0.257 e. The van der Waals surface area contributed by atoms with Crippen molar-refractivity contribution >= 4 is 45.8 Å². The van der Waals surface area contributed by atoms with E-state index >= 15 is 0 Å². The largest absolute Gasteiger partial charge is 0.349 e. The Hall–Kier alpha value is -0.690. The zero-order valence-corrected chi connectivity index (χ0v) is 14.6. The summed E-state index contributed by atoms with van der Waals surface area (Å²) >= 11 is 7.60. The number of thiocarbonyl (C=S) groups is 1. The first-order valence-corrected chi connectivity index (χ1v) is 8.43. The van der Waals surface area contributed by atoms with Crippen molar-refractivity contribution in [3.8, 4) is 0 Å². The van der Waals surface area contributed by atoms with Crippen LogP contribution in [0.4, 0.5) is 0 Å². The second-order valence-electron chi connectivity index (χ2n) is 5.12. The fraction of sp³-hybridized carbons (Fsp3) is 0.467. The van der Waals surface area contributed by atoms with Crippen LogP contribution in [0.15, 0.2) is 18.2 Å². The van der Waals surface area contributed by atoms with Gasteiger partial charge >= 0.3 is 0 Å². The lowest BCUT2D eigenvalue weighted by Gasteiger charge is -2.23. The van der Waals surface area contributed by atoms with Crippen LogP contribution < -0.4 is 5.32 Å². The first-order chi connectivity index (χ1) is 9.58. The number of hydrogen-bond donors (Lipinski definition) is 1. The lowest BCUT2D eigenvalue weighted by molar-refractivity contribution is 0.0973. The molecule has 0 aromatic heterocycles. The van der Waals surface area contributed by atoms with Gasteiger partial charge in [0.05, 0.1) is 0 Å². The Balaban J connectivity index is 1.99. The maximum atomic E-state index is 12.2. The van der Waals surface area contributed by atoms with E-state index in [0.29, 0.717) is 10.7 Å². The number of nitrogens with one attached hydrogen (secondary N) is 1. The Morgan fingerprint density at radius 2 is 1.90 bits per heavy atom. The maximum absolute atomic E-state index is 12.2. The van der Waals surface area contributed by atoms with Gasteiger partial charge in [-0.15, -0.1) is 0 Å². The van der Waals surface area contributed by atoms with Crippen LogP contribution in [0.25, 0.3) is 0 Å². The smallest absolute Gasteiger partial charge is 0.257 e. The average molecular weight is 402 g/mol. The van der Waals surface area contributed by atoms with Crippen molar-refractivity contribution < 1.29 is 4.79 Å². The van der Waals surface area contributed by atoms with Crippen LogP contribution in [0.3, 0.4) is 0 Å². The molecule has 1 aliphatic rings. The number of aryl methyl sites for hydroxylation is 1. The second kappa shape index (κ2) is 7.36. The van der Waals surface area contributed by atoms with Crippen LogP contribution in [0, 0.1) is 10.5 Å². The van der Waals surface area contributed by atoms with Crippen molar-refractivity contribution in [3.05, 3.63) is 32.9 Å². The van der Waals surface area contributed by atoms with Crippen molar-refractivity contribution in [2.24, 2.45) is 0 Å². The van der Waals surface area contributed by atoms with Gasteiger partial charge < -0.3 is 4.90 Å². The van der Waals surface area contributed by atoms with E-state index in [-0.39, 0.29) is 5.91 Å². The second-order valence-corrected chi connectivity index (χ2v) is 6.67. The molecular weight excluding hydrogens is 383 g/mol. The van der Waals surface area contributed by atoms with Gasteiger partial charge in [-0.05, 0) is 72.3 Å². The van der Waals surface area contributed by atoms with Gasteiger partial charge in [0.15, 0.2) is 5.11 Å². The molecule has 1 N–H and O–H groups in total. The zero-order chi connectivity index (χ0) is 14.5. The number of rotatable bonds is 1. The number of carbonyl (C=O) groups excluding carboxylic acids is 1. The van der Waals surface area contributed by atoms with Crippen molar-refractivity contribution in [1.29, 1.82) is 0 Å². The van der Waals surface area contributed by atoms with Crippen LogP contribution in [0.5, 0.6) is 0 Å². The Bertz CT molecular complexity index is 511. The fourth-order valence-corrected chi connectivity index (χ4v) is 3.05. The van der Waals surface area contributed by atoms with E-state index in [9.17, 15) is 4.79 Å². The summed E-state index contributed by atoms with van der Waals surface area (Å²) < 4.78 is 1.09. The molecule has 1 aromatic rings. The molecule has 20 heavy (non-hydrogen) atoms. The third-order valence-corrected chi connectivity index (χ3v) is 5.07. The topological polar surface area (TPSA) is 32.3 Å². The van der Waals surface area contributed by atoms with Gasteiger partial charge in [0.1, 0.15) is 0 Å². The van der Waals surface area contributed by atoms with Crippen molar-refractivity contribution in [2.45, 2.75) is 32.6 Å². The van der Waals surface area contributed by atoms with E-state index in [0.717, 1.165) is 29.5 Å². The summed E-state index contributed by atoms with van der Waals surface area (Å²) in [5.41, 5.74) is 1.84. The summed E-state index contributed by atoms with van der Waals surface area (Å²) in [6, 6.07) is 5.71. The Labute approximate surface area is 139 Å². The lowest BCUT2D eigenvalue weighted by Crippen LogP contribution is -2.43. The van der Waals surface area contributed by atoms with E-state index < -0.39 is 0 Å². The molecule has 1 aromatic carbocycles. The standard InChI is InChI=1S/C15H19IN2OS/c1-11-6-7-12(10-13(11)16)14(19)17-15(20)18-8-4-2-3-5-9-18/h6-7,10H,2-5,8-9H2,1H3,(H,17,19,20). The molecule has 108 valence electrons.